The first kappa shape index (κ1) is 29.3. The number of fused-ring (bicyclic) bond motifs is 1. The van der Waals surface area contributed by atoms with Crippen LogP contribution in [0.15, 0.2) is 76.5 Å². The summed E-state index contributed by atoms with van der Waals surface area (Å²) in [5, 5.41) is 2.55. The number of carbonyl (C=O) groups is 1. The van der Waals surface area contributed by atoms with Crippen molar-refractivity contribution in [3.63, 3.8) is 0 Å². The lowest BCUT2D eigenvalue weighted by Crippen LogP contribution is -2.45. The average Bonchev–Trinajstić information content (AvgIpc) is 2.86. The maximum absolute atomic E-state index is 13.7. The van der Waals surface area contributed by atoms with E-state index in [2.05, 4.69) is 5.32 Å². The Morgan fingerprint density at radius 3 is 2.25 bits per heavy atom. The van der Waals surface area contributed by atoms with Gasteiger partial charge in [0.2, 0.25) is 0 Å². The third-order valence-electron chi connectivity index (χ3n) is 5.66. The van der Waals surface area contributed by atoms with Gasteiger partial charge in [-0.3, -0.25) is 13.8 Å². The van der Waals surface area contributed by atoms with Crippen molar-refractivity contribution in [3.8, 4) is 5.75 Å². The highest BCUT2D eigenvalue weighted by molar-refractivity contribution is 7.92. The molecule has 4 rings (SSSR count). The van der Waals surface area contributed by atoms with E-state index in [1.807, 2.05) is 6.92 Å². The number of ether oxygens (including phenoxy) is 2. The summed E-state index contributed by atoms with van der Waals surface area (Å²) in [5.74, 6) is -0.509. The molecule has 1 amide bonds. The Hall–Kier alpha value is -3.68. The number of nitrogens with zero attached hydrogens (tertiary/aromatic N) is 1. The summed E-state index contributed by atoms with van der Waals surface area (Å²) in [6.07, 6.45) is -1.77. The van der Waals surface area contributed by atoms with Crippen molar-refractivity contribution in [2.75, 3.05) is 22.8 Å². The molecular weight excluding hydrogens is 563 g/mol. The molecule has 1 aliphatic rings. The summed E-state index contributed by atoms with van der Waals surface area (Å²) in [6, 6.07) is 14.7. The van der Waals surface area contributed by atoms with Crippen molar-refractivity contribution < 1.29 is 39.7 Å². The first-order valence-corrected chi connectivity index (χ1v) is 15.0. The molecule has 13 heteroatoms. The number of halogens is 1. The Morgan fingerprint density at radius 1 is 1.00 bits per heavy atom. The van der Waals surface area contributed by atoms with Gasteiger partial charge in [-0.1, -0.05) is 17.7 Å². The first-order chi connectivity index (χ1) is 18.6. The second-order valence-corrected chi connectivity index (χ2v) is 13.6. The van der Waals surface area contributed by atoms with Crippen LogP contribution in [0.5, 0.6) is 5.75 Å². The van der Waals surface area contributed by atoms with Crippen molar-refractivity contribution in [1.82, 2.24) is 0 Å². The van der Waals surface area contributed by atoms with Crippen LogP contribution in [0.25, 0.3) is 0 Å². The molecule has 0 saturated heterocycles. The fraction of sp³-hybridized carbons (Fsp3) is 0.296. The Bertz CT molecular complexity index is 1600. The van der Waals surface area contributed by atoms with E-state index in [1.165, 1.54) is 30.3 Å². The quantitative estimate of drug-likeness (QED) is 0.386. The van der Waals surface area contributed by atoms with E-state index in [0.29, 0.717) is 0 Å². The van der Waals surface area contributed by atoms with Crippen LogP contribution in [0.3, 0.4) is 0 Å². The summed E-state index contributed by atoms with van der Waals surface area (Å²) in [4.78, 5) is 12.0. The highest BCUT2D eigenvalue weighted by Gasteiger charge is 2.36. The molecule has 214 valence electrons. The molecule has 0 aromatic heterocycles. The van der Waals surface area contributed by atoms with Crippen LogP contribution < -0.4 is 14.4 Å². The molecule has 1 heterocycles. The van der Waals surface area contributed by atoms with Gasteiger partial charge < -0.3 is 9.47 Å². The molecule has 0 spiro atoms. The normalized spacial score (nSPS) is 15.6. The lowest BCUT2D eigenvalue weighted by atomic mass is 10.2. The van der Waals surface area contributed by atoms with Gasteiger partial charge in [0.15, 0.2) is 0 Å². The predicted molar refractivity (Wildman–Crippen MR) is 146 cm³/mol. The van der Waals surface area contributed by atoms with Crippen LogP contribution in [-0.2, 0) is 29.1 Å². The Kier molecular flexibility index (Phi) is 8.11. The Balaban J connectivity index is 1.64. The highest BCUT2D eigenvalue weighted by Crippen LogP contribution is 2.39. The van der Waals surface area contributed by atoms with Crippen LogP contribution in [0, 0.1) is 12.7 Å². The second-order valence-electron chi connectivity index (χ2n) is 10.1. The van der Waals surface area contributed by atoms with Gasteiger partial charge in [0.25, 0.3) is 20.1 Å². The van der Waals surface area contributed by atoms with E-state index in [-0.39, 0.29) is 33.5 Å². The highest BCUT2D eigenvalue weighted by atomic mass is 32.2. The van der Waals surface area contributed by atoms with E-state index in [1.54, 1.807) is 32.9 Å². The molecule has 0 radical (unpaired) electrons. The van der Waals surface area contributed by atoms with Gasteiger partial charge >= 0.3 is 6.09 Å². The fourth-order valence-electron chi connectivity index (χ4n) is 3.80. The molecule has 0 fully saturated rings. The molecule has 1 N–H and O–H groups in total. The number of carbonyl (C=O) groups excluding carboxylic acids is 1. The molecule has 1 unspecified atom stereocenters. The number of hydrogen-bond acceptors (Lipinski definition) is 8. The Labute approximate surface area is 232 Å². The number of rotatable bonds is 7. The molecule has 40 heavy (non-hydrogen) atoms. The lowest BCUT2D eigenvalue weighted by molar-refractivity contribution is 0.0636. The molecule has 1 aliphatic heterocycles. The standard InChI is InChI=1S/C27H29FN2O8S2/c1-18-5-10-23(11-6-18)40(34,35)36-17-21-16-30(39(32,33)22-12-7-19(28)8-13-22)24-15-20(9-14-25(24)37-21)29-26(31)38-27(2,3)4/h5-15,21H,16-17H2,1-4H3,(H,29,31). The molecule has 3 aromatic rings. The molecule has 1 atom stereocenters. The Morgan fingerprint density at radius 2 is 1.62 bits per heavy atom. The molecule has 0 aliphatic carbocycles. The number of sulfonamides is 1. The minimum atomic E-state index is -4.27. The average molecular weight is 593 g/mol. The van der Waals surface area contributed by atoms with E-state index in [9.17, 15) is 26.0 Å². The topological polar surface area (TPSA) is 128 Å². The molecule has 10 nitrogen and oxygen atoms in total. The predicted octanol–water partition coefficient (Wildman–Crippen LogP) is 4.84. The summed E-state index contributed by atoms with van der Waals surface area (Å²) >= 11 is 0. The van der Waals surface area contributed by atoms with Crippen molar-refractivity contribution >= 4 is 37.6 Å². The monoisotopic (exact) mass is 592 g/mol. The minimum absolute atomic E-state index is 0.0528. The van der Waals surface area contributed by atoms with E-state index >= 15 is 0 Å². The van der Waals surface area contributed by atoms with E-state index in [4.69, 9.17) is 13.7 Å². The van der Waals surface area contributed by atoms with Crippen LogP contribution in [-0.4, -0.2) is 47.8 Å². The van der Waals surface area contributed by atoms with Gasteiger partial charge in [0.1, 0.15) is 29.9 Å². The van der Waals surface area contributed by atoms with Gasteiger partial charge in [-0.2, -0.15) is 8.42 Å². The maximum atomic E-state index is 13.7. The number of anilines is 2. The van der Waals surface area contributed by atoms with Crippen LogP contribution in [0.1, 0.15) is 26.3 Å². The summed E-state index contributed by atoms with van der Waals surface area (Å²) in [6.45, 7) is 6.10. The zero-order chi connectivity index (χ0) is 29.3. The van der Waals surface area contributed by atoms with Gasteiger partial charge in [-0.05, 0) is 82.3 Å². The minimum Gasteiger partial charge on any atom is -0.484 e. The molecular formula is C27H29FN2O8S2. The molecule has 3 aromatic carbocycles. The lowest BCUT2D eigenvalue weighted by Gasteiger charge is -2.35. The smallest absolute Gasteiger partial charge is 0.412 e. The molecule has 0 bridgehead atoms. The third kappa shape index (κ3) is 6.90. The zero-order valence-corrected chi connectivity index (χ0v) is 23.9. The summed E-state index contributed by atoms with van der Waals surface area (Å²) < 4.78 is 83.7. The summed E-state index contributed by atoms with van der Waals surface area (Å²) in [7, 11) is -8.42. The number of nitrogens with one attached hydrogen (secondary N) is 1. The SMILES string of the molecule is Cc1ccc(S(=O)(=O)OCC2CN(S(=O)(=O)c3ccc(F)cc3)c3cc(NC(=O)OC(C)(C)C)ccc3O2)cc1. The largest absolute Gasteiger partial charge is 0.484 e. The van der Waals surface area contributed by atoms with Gasteiger partial charge in [-0.15, -0.1) is 0 Å². The van der Waals surface area contributed by atoms with E-state index in [0.717, 1.165) is 34.1 Å². The van der Waals surface area contributed by atoms with Crippen molar-refractivity contribution in [2.45, 2.75) is 49.2 Å². The fourth-order valence-corrected chi connectivity index (χ4v) is 6.23. The third-order valence-corrected chi connectivity index (χ3v) is 8.75. The van der Waals surface area contributed by atoms with E-state index < -0.39 is 50.4 Å². The summed E-state index contributed by atoms with van der Waals surface area (Å²) in [5.41, 5.74) is 0.419. The van der Waals surface area contributed by atoms with Crippen LogP contribution >= 0.6 is 0 Å². The first-order valence-electron chi connectivity index (χ1n) is 12.2. The van der Waals surface area contributed by atoms with Gasteiger partial charge in [0.05, 0.1) is 22.0 Å². The number of aryl methyl sites for hydroxylation is 1. The van der Waals surface area contributed by atoms with Crippen LogP contribution in [0.2, 0.25) is 0 Å². The number of amides is 1. The van der Waals surface area contributed by atoms with Crippen molar-refractivity contribution in [1.29, 1.82) is 0 Å². The number of benzene rings is 3. The molecule has 0 saturated carbocycles. The van der Waals surface area contributed by atoms with Crippen molar-refractivity contribution in [3.05, 3.63) is 78.1 Å². The van der Waals surface area contributed by atoms with Crippen molar-refractivity contribution in [2.24, 2.45) is 0 Å². The zero-order valence-electron chi connectivity index (χ0n) is 22.3. The van der Waals surface area contributed by atoms with Crippen LogP contribution in [0.4, 0.5) is 20.6 Å². The second kappa shape index (κ2) is 11.1. The maximum Gasteiger partial charge on any atom is 0.412 e. The van der Waals surface area contributed by atoms with Gasteiger partial charge in [-0.25, -0.2) is 17.6 Å². The number of hydrogen-bond donors (Lipinski definition) is 1. The van der Waals surface area contributed by atoms with Gasteiger partial charge in [0, 0.05) is 5.69 Å².